The topological polar surface area (TPSA) is 105 Å². The van der Waals surface area contributed by atoms with E-state index in [0.717, 1.165) is 4.88 Å². The molecule has 1 N–H and O–H groups in total. The summed E-state index contributed by atoms with van der Waals surface area (Å²) in [4.78, 5) is 17.4. The van der Waals surface area contributed by atoms with Crippen molar-refractivity contribution in [3.8, 4) is 10.8 Å². The Labute approximate surface area is 143 Å². The zero-order valence-corrected chi connectivity index (χ0v) is 15.0. The van der Waals surface area contributed by atoms with E-state index in [1.54, 1.807) is 13.0 Å². The first-order valence-electron chi connectivity index (χ1n) is 7.49. The number of hydrogen-bond acceptors (Lipinski definition) is 7. The molecule has 0 atom stereocenters. The average molecular weight is 370 g/mol. The summed E-state index contributed by atoms with van der Waals surface area (Å²) < 4.78 is 29.6. The van der Waals surface area contributed by atoms with Crippen LogP contribution in [0.4, 0.5) is 5.69 Å². The second-order valence-electron chi connectivity index (χ2n) is 5.74. The minimum atomic E-state index is -3.19. The number of sulfonamides is 1. The van der Waals surface area contributed by atoms with Crippen LogP contribution in [0, 0.1) is 12.8 Å². The Kier molecular flexibility index (Phi) is 4.70. The summed E-state index contributed by atoms with van der Waals surface area (Å²) >= 11 is 1.41. The van der Waals surface area contributed by atoms with E-state index in [1.165, 1.54) is 21.9 Å². The van der Waals surface area contributed by atoms with Crippen molar-refractivity contribution in [3.05, 3.63) is 17.3 Å². The number of carbonyl (C=O) groups is 1. The summed E-state index contributed by atoms with van der Waals surface area (Å²) in [5.41, 5.74) is 0.638. The lowest BCUT2D eigenvalue weighted by molar-refractivity contribution is -0.120. The number of nitrogens with zero attached hydrogens (tertiary/aromatic N) is 3. The number of amides is 1. The summed E-state index contributed by atoms with van der Waals surface area (Å²) in [7, 11) is -3.19. The van der Waals surface area contributed by atoms with Gasteiger partial charge in [0.2, 0.25) is 15.9 Å². The SMILES string of the molecule is Cc1noc(-c2sccc2NC(=O)C2CCN(S(C)(=O)=O)CC2)n1. The average Bonchev–Trinajstić information content (AvgIpc) is 3.15. The number of piperidine rings is 1. The summed E-state index contributed by atoms with van der Waals surface area (Å²) in [5, 5.41) is 8.50. The molecule has 0 saturated carbocycles. The number of nitrogens with one attached hydrogen (secondary N) is 1. The molecule has 0 aliphatic carbocycles. The van der Waals surface area contributed by atoms with Gasteiger partial charge in [-0.2, -0.15) is 4.98 Å². The van der Waals surface area contributed by atoms with E-state index < -0.39 is 10.0 Å². The standard InChI is InChI=1S/C14H18N4O4S2/c1-9-15-14(22-17-9)12-11(5-8-23-12)16-13(19)10-3-6-18(7-4-10)24(2,20)21/h5,8,10H,3-4,6-7H2,1-2H3,(H,16,19). The molecule has 0 spiro atoms. The molecule has 1 saturated heterocycles. The molecule has 10 heteroatoms. The molecule has 1 fully saturated rings. The monoisotopic (exact) mass is 370 g/mol. The van der Waals surface area contributed by atoms with Crippen LogP contribution in [-0.2, 0) is 14.8 Å². The van der Waals surface area contributed by atoms with Gasteiger partial charge in [0.1, 0.15) is 4.88 Å². The number of aromatic nitrogens is 2. The second kappa shape index (κ2) is 6.61. The van der Waals surface area contributed by atoms with Crippen molar-refractivity contribution in [2.45, 2.75) is 19.8 Å². The van der Waals surface area contributed by atoms with E-state index in [2.05, 4.69) is 15.5 Å². The van der Waals surface area contributed by atoms with Gasteiger partial charge in [0, 0.05) is 19.0 Å². The maximum atomic E-state index is 12.5. The Morgan fingerprint density at radius 3 is 2.71 bits per heavy atom. The lowest BCUT2D eigenvalue weighted by Gasteiger charge is -2.29. The number of thiophene rings is 1. The van der Waals surface area contributed by atoms with E-state index in [9.17, 15) is 13.2 Å². The van der Waals surface area contributed by atoms with Gasteiger partial charge >= 0.3 is 0 Å². The van der Waals surface area contributed by atoms with E-state index in [1.807, 2.05) is 5.38 Å². The molecular weight excluding hydrogens is 352 g/mol. The highest BCUT2D eigenvalue weighted by atomic mass is 32.2. The van der Waals surface area contributed by atoms with Gasteiger partial charge in [-0.3, -0.25) is 4.79 Å². The Morgan fingerprint density at radius 1 is 1.42 bits per heavy atom. The number of carbonyl (C=O) groups excluding carboxylic acids is 1. The van der Waals surface area contributed by atoms with Crippen LogP contribution in [0.3, 0.4) is 0 Å². The lowest BCUT2D eigenvalue weighted by Crippen LogP contribution is -2.40. The third-order valence-corrected chi connectivity index (χ3v) is 6.14. The number of hydrogen-bond donors (Lipinski definition) is 1. The van der Waals surface area contributed by atoms with E-state index >= 15 is 0 Å². The van der Waals surface area contributed by atoms with Crippen molar-refractivity contribution in [1.82, 2.24) is 14.4 Å². The minimum absolute atomic E-state index is 0.112. The molecule has 1 amide bonds. The molecule has 1 aliphatic rings. The fourth-order valence-electron chi connectivity index (χ4n) is 2.65. The van der Waals surface area contributed by atoms with Crippen LogP contribution in [0.15, 0.2) is 16.0 Å². The van der Waals surface area contributed by atoms with Gasteiger partial charge in [-0.25, -0.2) is 12.7 Å². The van der Waals surface area contributed by atoms with Crippen LogP contribution < -0.4 is 5.32 Å². The van der Waals surface area contributed by atoms with Gasteiger partial charge in [0.05, 0.1) is 11.9 Å². The molecule has 0 unspecified atom stereocenters. The highest BCUT2D eigenvalue weighted by Gasteiger charge is 2.29. The van der Waals surface area contributed by atoms with E-state index in [0.29, 0.717) is 43.3 Å². The van der Waals surface area contributed by atoms with Crippen molar-refractivity contribution in [3.63, 3.8) is 0 Å². The van der Waals surface area contributed by atoms with Gasteiger partial charge in [0.25, 0.3) is 5.89 Å². The van der Waals surface area contributed by atoms with Gasteiger partial charge in [0.15, 0.2) is 5.82 Å². The van der Waals surface area contributed by atoms with Gasteiger partial charge in [-0.05, 0) is 31.2 Å². The minimum Gasteiger partial charge on any atom is -0.333 e. The van der Waals surface area contributed by atoms with E-state index in [4.69, 9.17) is 4.52 Å². The molecule has 3 rings (SSSR count). The van der Waals surface area contributed by atoms with Crippen LogP contribution in [0.25, 0.3) is 10.8 Å². The molecule has 0 bridgehead atoms. The fraction of sp³-hybridized carbons (Fsp3) is 0.500. The first-order valence-corrected chi connectivity index (χ1v) is 10.2. The first kappa shape index (κ1) is 17.1. The summed E-state index contributed by atoms with van der Waals surface area (Å²) in [6.45, 7) is 2.47. The molecule has 0 radical (unpaired) electrons. The number of rotatable bonds is 4. The van der Waals surface area contributed by atoms with Crippen molar-refractivity contribution < 1.29 is 17.7 Å². The van der Waals surface area contributed by atoms with Gasteiger partial charge in [-0.15, -0.1) is 11.3 Å². The highest BCUT2D eigenvalue weighted by molar-refractivity contribution is 7.88. The van der Waals surface area contributed by atoms with Crippen LogP contribution in [-0.4, -0.2) is 48.1 Å². The van der Waals surface area contributed by atoms with Gasteiger partial charge in [-0.1, -0.05) is 5.16 Å². The van der Waals surface area contributed by atoms with Crippen molar-refractivity contribution >= 4 is 33.0 Å². The third kappa shape index (κ3) is 3.65. The van der Waals surface area contributed by atoms with Crippen LogP contribution in [0.1, 0.15) is 18.7 Å². The lowest BCUT2D eigenvalue weighted by atomic mass is 9.97. The zero-order chi connectivity index (χ0) is 17.3. The number of anilines is 1. The zero-order valence-electron chi connectivity index (χ0n) is 13.4. The molecule has 2 aromatic rings. The molecule has 3 heterocycles. The Bertz CT molecular complexity index is 835. The normalized spacial score (nSPS) is 17.1. The summed E-state index contributed by atoms with van der Waals surface area (Å²) in [5.74, 6) is 0.590. The Morgan fingerprint density at radius 2 is 2.12 bits per heavy atom. The van der Waals surface area contributed by atoms with Gasteiger partial charge < -0.3 is 9.84 Å². The van der Waals surface area contributed by atoms with E-state index in [-0.39, 0.29) is 11.8 Å². The summed E-state index contributed by atoms with van der Waals surface area (Å²) in [6.07, 6.45) is 2.22. The predicted octanol–water partition coefficient (Wildman–Crippen LogP) is 1.72. The molecule has 1 aliphatic heterocycles. The van der Waals surface area contributed by atoms with Crippen molar-refractivity contribution in [2.75, 3.05) is 24.7 Å². The smallest absolute Gasteiger partial charge is 0.270 e. The largest absolute Gasteiger partial charge is 0.333 e. The Balaban J connectivity index is 1.66. The molecular formula is C14H18N4O4S2. The maximum absolute atomic E-state index is 12.5. The quantitative estimate of drug-likeness (QED) is 0.878. The van der Waals surface area contributed by atoms with Crippen molar-refractivity contribution in [2.24, 2.45) is 5.92 Å². The molecule has 0 aromatic carbocycles. The molecule has 2 aromatic heterocycles. The predicted molar refractivity (Wildman–Crippen MR) is 90.1 cm³/mol. The van der Waals surface area contributed by atoms with Crippen LogP contribution >= 0.6 is 11.3 Å². The molecule has 130 valence electrons. The fourth-order valence-corrected chi connectivity index (χ4v) is 4.29. The van der Waals surface area contributed by atoms with Crippen LogP contribution in [0.5, 0.6) is 0 Å². The van der Waals surface area contributed by atoms with Crippen LogP contribution in [0.2, 0.25) is 0 Å². The van der Waals surface area contributed by atoms with Crippen molar-refractivity contribution in [1.29, 1.82) is 0 Å². The maximum Gasteiger partial charge on any atom is 0.270 e. The first-order chi connectivity index (χ1) is 11.3. The summed E-state index contributed by atoms with van der Waals surface area (Å²) in [6, 6.07) is 1.79. The molecule has 24 heavy (non-hydrogen) atoms. The Hall–Kier alpha value is -1.78. The molecule has 8 nitrogen and oxygen atoms in total. The highest BCUT2D eigenvalue weighted by Crippen LogP contribution is 2.33. The third-order valence-electron chi connectivity index (χ3n) is 3.94. The number of aryl methyl sites for hydroxylation is 1. The second-order valence-corrected chi connectivity index (χ2v) is 8.63.